The predicted molar refractivity (Wildman–Crippen MR) is 106 cm³/mol. The van der Waals surface area contributed by atoms with Gasteiger partial charge in [-0.15, -0.1) is 0 Å². The monoisotopic (exact) mass is 399 g/mol. The van der Waals surface area contributed by atoms with Gasteiger partial charge in [-0.3, -0.25) is 0 Å². The molecule has 1 aliphatic heterocycles. The molecular formula is C21H21NO7. The summed E-state index contributed by atoms with van der Waals surface area (Å²) in [5, 5.41) is 0. The first kappa shape index (κ1) is 20.1. The molecule has 0 aromatic heterocycles. The highest BCUT2D eigenvalue weighted by atomic mass is 16.6. The van der Waals surface area contributed by atoms with Gasteiger partial charge in [0, 0.05) is 17.2 Å². The lowest BCUT2D eigenvalue weighted by molar-refractivity contribution is -0.129. The van der Waals surface area contributed by atoms with E-state index in [0.29, 0.717) is 39.9 Å². The topological polar surface area (TPSA) is 84.8 Å². The van der Waals surface area contributed by atoms with E-state index in [1.54, 1.807) is 43.5 Å². The molecule has 8 nitrogen and oxygen atoms in total. The van der Waals surface area contributed by atoms with Gasteiger partial charge in [0.2, 0.25) is 5.90 Å². The van der Waals surface area contributed by atoms with Crippen LogP contribution in [0.3, 0.4) is 0 Å². The van der Waals surface area contributed by atoms with Gasteiger partial charge in [-0.25, -0.2) is 9.79 Å². The van der Waals surface area contributed by atoms with E-state index in [9.17, 15) is 4.79 Å². The molecule has 0 radical (unpaired) electrons. The minimum absolute atomic E-state index is 0.125. The van der Waals surface area contributed by atoms with Gasteiger partial charge in [-0.1, -0.05) is 0 Å². The summed E-state index contributed by atoms with van der Waals surface area (Å²) < 4.78 is 31.8. The van der Waals surface area contributed by atoms with Crippen molar-refractivity contribution in [2.24, 2.45) is 4.99 Å². The predicted octanol–water partition coefficient (Wildman–Crippen LogP) is 3.07. The lowest BCUT2D eigenvalue weighted by atomic mass is 10.1. The fourth-order valence-corrected chi connectivity index (χ4v) is 2.81. The molecule has 3 rings (SSSR count). The number of carbonyl (C=O) groups excluding carboxylic acids is 1. The van der Waals surface area contributed by atoms with E-state index in [-0.39, 0.29) is 11.6 Å². The van der Waals surface area contributed by atoms with Crippen LogP contribution in [0.15, 0.2) is 41.0 Å². The summed E-state index contributed by atoms with van der Waals surface area (Å²) in [6, 6.07) is 8.49. The number of ether oxygens (including phenoxy) is 6. The van der Waals surface area contributed by atoms with Crippen molar-refractivity contribution in [3.63, 3.8) is 0 Å². The summed E-state index contributed by atoms with van der Waals surface area (Å²) in [6.07, 6.45) is 1.57. The highest BCUT2D eigenvalue weighted by Crippen LogP contribution is 2.36. The van der Waals surface area contributed by atoms with E-state index in [2.05, 4.69) is 4.99 Å². The summed E-state index contributed by atoms with van der Waals surface area (Å²) in [6.45, 7) is 0. The van der Waals surface area contributed by atoms with Crippen LogP contribution in [0.25, 0.3) is 6.08 Å². The lowest BCUT2D eigenvalue weighted by Gasteiger charge is -2.12. The maximum absolute atomic E-state index is 12.4. The van der Waals surface area contributed by atoms with Crippen molar-refractivity contribution in [3.05, 3.63) is 47.2 Å². The van der Waals surface area contributed by atoms with Crippen LogP contribution in [-0.2, 0) is 9.53 Å². The fraction of sp³-hybridized carbons (Fsp3) is 0.238. The molecule has 0 aliphatic carbocycles. The second-order valence-corrected chi connectivity index (χ2v) is 5.85. The van der Waals surface area contributed by atoms with Crippen LogP contribution >= 0.6 is 0 Å². The molecule has 0 saturated carbocycles. The average Bonchev–Trinajstić information content (AvgIpc) is 3.12. The van der Waals surface area contributed by atoms with Gasteiger partial charge in [-0.2, -0.15) is 0 Å². The van der Waals surface area contributed by atoms with Crippen molar-refractivity contribution in [3.8, 4) is 28.7 Å². The third-order valence-electron chi connectivity index (χ3n) is 4.28. The van der Waals surface area contributed by atoms with Crippen molar-refractivity contribution in [1.82, 2.24) is 0 Å². The summed E-state index contributed by atoms with van der Waals surface area (Å²) in [4.78, 5) is 16.7. The minimum atomic E-state index is -0.577. The highest BCUT2D eigenvalue weighted by molar-refractivity contribution is 6.13. The quantitative estimate of drug-likeness (QED) is 0.522. The maximum Gasteiger partial charge on any atom is 0.363 e. The average molecular weight is 399 g/mol. The van der Waals surface area contributed by atoms with Gasteiger partial charge in [0.05, 0.1) is 35.5 Å². The third kappa shape index (κ3) is 3.96. The first-order chi connectivity index (χ1) is 14.0. The lowest BCUT2D eigenvalue weighted by Crippen LogP contribution is -2.06. The van der Waals surface area contributed by atoms with Crippen molar-refractivity contribution >= 4 is 17.9 Å². The number of carbonyl (C=O) groups is 1. The van der Waals surface area contributed by atoms with Gasteiger partial charge < -0.3 is 28.4 Å². The molecule has 0 spiro atoms. The molecule has 0 unspecified atom stereocenters. The molecule has 1 aliphatic rings. The summed E-state index contributed by atoms with van der Waals surface area (Å²) in [7, 11) is 7.65. The molecule has 29 heavy (non-hydrogen) atoms. The number of methoxy groups -OCH3 is 5. The zero-order valence-electron chi connectivity index (χ0n) is 16.8. The van der Waals surface area contributed by atoms with Crippen LogP contribution in [0.1, 0.15) is 11.1 Å². The first-order valence-corrected chi connectivity index (χ1v) is 8.59. The van der Waals surface area contributed by atoms with E-state index in [1.165, 1.54) is 28.4 Å². The zero-order chi connectivity index (χ0) is 21.0. The van der Waals surface area contributed by atoms with E-state index < -0.39 is 5.97 Å². The molecule has 0 bridgehead atoms. The Labute approximate surface area is 168 Å². The largest absolute Gasteiger partial charge is 0.496 e. The Kier molecular flexibility index (Phi) is 5.92. The molecule has 2 aromatic rings. The standard InChI is InChI=1S/C21H21NO7/c1-24-15-7-6-12(9-17(15)26-3)20-22-14(21(23)29-20)8-13-10-18(27-4)19(28-5)11-16(13)25-2/h6-11H,1-5H3/b14-8+. The SMILES string of the molecule is COc1cc(OC)c(OC)cc1/C=C1/N=C(c2ccc(OC)c(OC)c2)OC1=O. The number of benzene rings is 2. The Bertz CT molecular complexity index is 995. The fourth-order valence-electron chi connectivity index (χ4n) is 2.81. The van der Waals surface area contributed by atoms with E-state index in [0.717, 1.165) is 0 Å². The number of nitrogens with zero attached hydrogens (tertiary/aromatic N) is 1. The molecule has 0 saturated heterocycles. The smallest absolute Gasteiger partial charge is 0.363 e. The van der Waals surface area contributed by atoms with Gasteiger partial charge in [-0.05, 0) is 30.3 Å². The molecule has 0 fully saturated rings. The normalized spacial score (nSPS) is 14.3. The van der Waals surface area contributed by atoms with E-state index in [4.69, 9.17) is 28.4 Å². The minimum Gasteiger partial charge on any atom is -0.496 e. The van der Waals surface area contributed by atoms with Gasteiger partial charge in [0.1, 0.15) is 5.75 Å². The van der Waals surface area contributed by atoms with Crippen molar-refractivity contribution in [2.75, 3.05) is 35.5 Å². The third-order valence-corrected chi connectivity index (χ3v) is 4.28. The summed E-state index contributed by atoms with van der Waals surface area (Å²) in [5.41, 5.74) is 1.30. The summed E-state index contributed by atoms with van der Waals surface area (Å²) >= 11 is 0. The van der Waals surface area contributed by atoms with Crippen LogP contribution in [-0.4, -0.2) is 47.4 Å². The molecular weight excluding hydrogens is 378 g/mol. The Morgan fingerprint density at radius 1 is 0.759 bits per heavy atom. The Morgan fingerprint density at radius 2 is 1.34 bits per heavy atom. The maximum atomic E-state index is 12.4. The Hall–Kier alpha value is -3.68. The molecule has 0 amide bonds. The molecule has 8 heteroatoms. The molecule has 0 atom stereocenters. The van der Waals surface area contributed by atoms with Gasteiger partial charge >= 0.3 is 5.97 Å². The second-order valence-electron chi connectivity index (χ2n) is 5.85. The van der Waals surface area contributed by atoms with Crippen LogP contribution < -0.4 is 23.7 Å². The van der Waals surface area contributed by atoms with Crippen molar-refractivity contribution in [2.45, 2.75) is 0 Å². The Balaban J connectivity index is 2.01. The van der Waals surface area contributed by atoms with Crippen LogP contribution in [0, 0.1) is 0 Å². The second kappa shape index (κ2) is 8.55. The molecule has 0 N–H and O–H groups in total. The highest BCUT2D eigenvalue weighted by Gasteiger charge is 2.26. The number of hydrogen-bond acceptors (Lipinski definition) is 8. The van der Waals surface area contributed by atoms with Crippen molar-refractivity contribution in [1.29, 1.82) is 0 Å². The molecule has 2 aromatic carbocycles. The van der Waals surface area contributed by atoms with Crippen LogP contribution in [0.2, 0.25) is 0 Å². The van der Waals surface area contributed by atoms with Crippen molar-refractivity contribution < 1.29 is 33.2 Å². The zero-order valence-corrected chi connectivity index (χ0v) is 16.8. The Morgan fingerprint density at radius 3 is 1.97 bits per heavy atom. The van der Waals surface area contributed by atoms with E-state index >= 15 is 0 Å². The van der Waals surface area contributed by atoms with Crippen LogP contribution in [0.5, 0.6) is 28.7 Å². The number of cyclic esters (lactones) is 1. The van der Waals surface area contributed by atoms with Crippen LogP contribution in [0.4, 0.5) is 0 Å². The van der Waals surface area contributed by atoms with E-state index in [1.807, 2.05) is 0 Å². The molecule has 1 heterocycles. The number of esters is 1. The summed E-state index contributed by atoms with van der Waals surface area (Å²) in [5.74, 6) is 2.16. The van der Waals surface area contributed by atoms with Gasteiger partial charge in [0.15, 0.2) is 28.7 Å². The number of hydrogen-bond donors (Lipinski definition) is 0. The number of aliphatic imine (C=N–C) groups is 1. The van der Waals surface area contributed by atoms with Gasteiger partial charge in [0.25, 0.3) is 0 Å². The molecule has 152 valence electrons. The first-order valence-electron chi connectivity index (χ1n) is 8.59. The number of rotatable bonds is 7.